The lowest BCUT2D eigenvalue weighted by atomic mass is 10.0. The van der Waals surface area contributed by atoms with Gasteiger partial charge in [-0.15, -0.1) is 12.4 Å². The molecule has 3 nitrogen and oxygen atoms in total. The molecule has 1 saturated carbocycles. The highest BCUT2D eigenvalue weighted by Gasteiger charge is 2.24. The van der Waals surface area contributed by atoms with Gasteiger partial charge in [-0.25, -0.2) is 0 Å². The first-order chi connectivity index (χ1) is 7.25. The van der Waals surface area contributed by atoms with Crippen molar-refractivity contribution < 1.29 is 4.79 Å². The van der Waals surface area contributed by atoms with Crippen molar-refractivity contribution in [1.29, 1.82) is 0 Å². The summed E-state index contributed by atoms with van der Waals surface area (Å²) in [6, 6.07) is 9.96. The average Bonchev–Trinajstić information content (AvgIpc) is 3.03. The molecule has 1 fully saturated rings. The third kappa shape index (κ3) is 3.83. The summed E-state index contributed by atoms with van der Waals surface area (Å²) in [5.74, 6) is 0.0638. The Morgan fingerprint density at radius 2 is 2.00 bits per heavy atom. The summed E-state index contributed by atoms with van der Waals surface area (Å²) in [4.78, 5) is 11.5. The van der Waals surface area contributed by atoms with Crippen molar-refractivity contribution in [2.45, 2.75) is 31.3 Å². The fraction of sp³-hybridized carbons (Fsp3) is 0.417. The summed E-state index contributed by atoms with van der Waals surface area (Å²) < 4.78 is 0. The normalized spacial score (nSPS) is 16.1. The maximum absolute atomic E-state index is 11.5. The van der Waals surface area contributed by atoms with Crippen LogP contribution in [0, 0.1) is 0 Å². The maximum Gasteiger partial charge on any atom is 0.222 e. The molecule has 0 radical (unpaired) electrons. The van der Waals surface area contributed by atoms with Crippen LogP contribution in [0.5, 0.6) is 0 Å². The van der Waals surface area contributed by atoms with Gasteiger partial charge in [0.05, 0.1) is 0 Å². The lowest BCUT2D eigenvalue weighted by Crippen LogP contribution is -2.29. The zero-order chi connectivity index (χ0) is 10.7. The van der Waals surface area contributed by atoms with Crippen molar-refractivity contribution in [2.24, 2.45) is 5.73 Å². The zero-order valence-corrected chi connectivity index (χ0v) is 9.87. The van der Waals surface area contributed by atoms with Gasteiger partial charge in [0.15, 0.2) is 0 Å². The minimum absolute atomic E-state index is 0. The Kier molecular flexibility index (Phi) is 4.77. The van der Waals surface area contributed by atoms with Crippen molar-refractivity contribution >= 4 is 18.3 Å². The summed E-state index contributed by atoms with van der Waals surface area (Å²) in [6.07, 6.45) is 2.61. The summed E-state index contributed by atoms with van der Waals surface area (Å²) in [5, 5.41) is 2.94. The fourth-order valence-corrected chi connectivity index (χ4v) is 1.53. The molecule has 1 unspecified atom stereocenters. The van der Waals surface area contributed by atoms with E-state index in [4.69, 9.17) is 5.73 Å². The molecule has 1 aliphatic rings. The van der Waals surface area contributed by atoms with Gasteiger partial charge < -0.3 is 11.1 Å². The molecule has 0 aliphatic heterocycles. The van der Waals surface area contributed by atoms with E-state index < -0.39 is 0 Å². The molecule has 16 heavy (non-hydrogen) atoms. The van der Waals surface area contributed by atoms with Crippen LogP contribution in [0.2, 0.25) is 0 Å². The number of nitrogens with two attached hydrogens (primary N) is 1. The first-order valence-corrected chi connectivity index (χ1v) is 5.35. The Hall–Kier alpha value is -1.06. The summed E-state index contributed by atoms with van der Waals surface area (Å²) >= 11 is 0. The van der Waals surface area contributed by atoms with Crippen molar-refractivity contribution in [3.63, 3.8) is 0 Å². The molecule has 1 aromatic rings. The molecule has 0 spiro atoms. The van der Waals surface area contributed by atoms with E-state index in [0.29, 0.717) is 12.5 Å². The first kappa shape index (κ1) is 13.0. The Morgan fingerprint density at radius 1 is 1.38 bits per heavy atom. The number of halogens is 1. The molecule has 0 aromatic heterocycles. The number of carbonyl (C=O) groups is 1. The van der Waals surface area contributed by atoms with Crippen LogP contribution in [0.4, 0.5) is 0 Å². The zero-order valence-electron chi connectivity index (χ0n) is 9.06. The molecule has 3 N–H and O–H groups in total. The number of nitrogens with one attached hydrogen (secondary N) is 1. The second kappa shape index (κ2) is 5.87. The molecule has 88 valence electrons. The largest absolute Gasteiger partial charge is 0.353 e. The van der Waals surface area contributed by atoms with E-state index in [9.17, 15) is 4.79 Å². The maximum atomic E-state index is 11.5. The van der Waals surface area contributed by atoms with Crippen molar-refractivity contribution in [1.82, 2.24) is 5.32 Å². The number of amides is 1. The third-order valence-electron chi connectivity index (χ3n) is 2.58. The lowest BCUT2D eigenvalue weighted by molar-refractivity contribution is -0.121. The predicted molar refractivity (Wildman–Crippen MR) is 66.4 cm³/mol. The highest BCUT2D eigenvalue weighted by Crippen LogP contribution is 2.20. The Morgan fingerprint density at radius 3 is 2.56 bits per heavy atom. The third-order valence-corrected chi connectivity index (χ3v) is 2.58. The van der Waals surface area contributed by atoms with E-state index in [0.717, 1.165) is 18.4 Å². The SMILES string of the molecule is Cl.NC(CC(=O)NC1CC1)c1ccccc1. The highest BCUT2D eigenvalue weighted by molar-refractivity contribution is 5.85. The van der Waals surface area contributed by atoms with Crippen LogP contribution in [-0.4, -0.2) is 11.9 Å². The molecule has 1 aromatic carbocycles. The van der Waals surface area contributed by atoms with Gasteiger partial charge >= 0.3 is 0 Å². The van der Waals surface area contributed by atoms with Gasteiger partial charge in [0.2, 0.25) is 5.91 Å². The smallest absolute Gasteiger partial charge is 0.222 e. The lowest BCUT2D eigenvalue weighted by Gasteiger charge is -2.11. The molecule has 0 heterocycles. The van der Waals surface area contributed by atoms with E-state index in [1.165, 1.54) is 0 Å². The molecule has 4 heteroatoms. The van der Waals surface area contributed by atoms with Crippen LogP contribution in [-0.2, 0) is 4.79 Å². The van der Waals surface area contributed by atoms with Crippen molar-refractivity contribution in [3.05, 3.63) is 35.9 Å². The highest BCUT2D eigenvalue weighted by atomic mass is 35.5. The second-order valence-electron chi connectivity index (χ2n) is 4.06. The molecule has 0 bridgehead atoms. The average molecular weight is 241 g/mol. The van der Waals surface area contributed by atoms with Crippen LogP contribution in [0.15, 0.2) is 30.3 Å². The van der Waals surface area contributed by atoms with Gasteiger partial charge in [0, 0.05) is 18.5 Å². The van der Waals surface area contributed by atoms with Crippen LogP contribution in [0.3, 0.4) is 0 Å². The second-order valence-corrected chi connectivity index (χ2v) is 4.06. The van der Waals surface area contributed by atoms with E-state index in [1.807, 2.05) is 30.3 Å². The van der Waals surface area contributed by atoms with Gasteiger partial charge in [-0.1, -0.05) is 30.3 Å². The van der Waals surface area contributed by atoms with Gasteiger partial charge in [-0.05, 0) is 18.4 Å². The Bertz CT molecular complexity index is 338. The molecule has 1 atom stereocenters. The minimum Gasteiger partial charge on any atom is -0.353 e. The quantitative estimate of drug-likeness (QED) is 0.843. The molecule has 1 aliphatic carbocycles. The van der Waals surface area contributed by atoms with E-state index in [2.05, 4.69) is 5.32 Å². The monoisotopic (exact) mass is 240 g/mol. The van der Waals surface area contributed by atoms with Crippen LogP contribution < -0.4 is 11.1 Å². The van der Waals surface area contributed by atoms with Gasteiger partial charge in [-0.2, -0.15) is 0 Å². The van der Waals surface area contributed by atoms with E-state index >= 15 is 0 Å². The number of benzene rings is 1. The van der Waals surface area contributed by atoms with Crippen molar-refractivity contribution in [2.75, 3.05) is 0 Å². The van der Waals surface area contributed by atoms with Gasteiger partial charge in [-0.3, -0.25) is 4.79 Å². The number of rotatable bonds is 4. The van der Waals surface area contributed by atoms with Crippen LogP contribution in [0.25, 0.3) is 0 Å². The van der Waals surface area contributed by atoms with E-state index in [-0.39, 0.29) is 24.4 Å². The minimum atomic E-state index is -0.190. The predicted octanol–water partition coefficient (Wildman–Crippen LogP) is 1.78. The molecule has 2 rings (SSSR count). The molecular weight excluding hydrogens is 224 g/mol. The first-order valence-electron chi connectivity index (χ1n) is 5.35. The van der Waals surface area contributed by atoms with Gasteiger partial charge in [0.1, 0.15) is 0 Å². The topological polar surface area (TPSA) is 55.1 Å². The van der Waals surface area contributed by atoms with Gasteiger partial charge in [0.25, 0.3) is 0 Å². The van der Waals surface area contributed by atoms with Crippen LogP contribution in [0.1, 0.15) is 30.9 Å². The summed E-state index contributed by atoms with van der Waals surface area (Å²) in [7, 11) is 0. The summed E-state index contributed by atoms with van der Waals surface area (Å²) in [6.45, 7) is 0. The molecular formula is C12H17ClN2O. The van der Waals surface area contributed by atoms with E-state index in [1.54, 1.807) is 0 Å². The number of hydrogen-bond acceptors (Lipinski definition) is 2. The van der Waals surface area contributed by atoms with Crippen molar-refractivity contribution in [3.8, 4) is 0 Å². The molecule has 0 saturated heterocycles. The van der Waals surface area contributed by atoms with Crippen LogP contribution >= 0.6 is 12.4 Å². The summed E-state index contributed by atoms with van der Waals surface area (Å²) in [5.41, 5.74) is 6.95. The molecule has 1 amide bonds. The number of carbonyl (C=O) groups excluding carboxylic acids is 1. The number of hydrogen-bond donors (Lipinski definition) is 2. The Labute approximate surface area is 102 Å². The fourth-order valence-electron chi connectivity index (χ4n) is 1.53. The Balaban J connectivity index is 0.00000128. The standard InChI is InChI=1S/C12H16N2O.ClH/c13-11(9-4-2-1-3-5-9)8-12(15)14-10-6-7-10;/h1-5,10-11H,6-8,13H2,(H,14,15);1H.